The van der Waals surface area contributed by atoms with Gasteiger partial charge in [0.15, 0.2) is 0 Å². The second-order valence-corrected chi connectivity index (χ2v) is 5.33. The van der Waals surface area contributed by atoms with E-state index in [4.69, 9.17) is 0 Å². The van der Waals surface area contributed by atoms with Crippen LogP contribution < -0.4 is 5.32 Å². The van der Waals surface area contributed by atoms with Crippen molar-refractivity contribution in [2.75, 3.05) is 5.32 Å². The first-order valence-electron chi connectivity index (χ1n) is 6.29. The minimum Gasteiger partial charge on any atom is -0.506 e. The van der Waals surface area contributed by atoms with Crippen molar-refractivity contribution in [3.05, 3.63) is 64.8 Å². The molecular formula is C16H11BrN2O2. The number of rotatable bonds is 2. The number of hydrogen-bond acceptors (Lipinski definition) is 3. The fourth-order valence-electron chi connectivity index (χ4n) is 2.09. The van der Waals surface area contributed by atoms with Crippen LogP contribution in [0.1, 0.15) is 10.4 Å². The van der Waals surface area contributed by atoms with Gasteiger partial charge in [0.05, 0.1) is 21.2 Å². The molecule has 0 radical (unpaired) electrons. The molecule has 3 rings (SSSR count). The Labute approximate surface area is 129 Å². The molecule has 0 fully saturated rings. The maximum atomic E-state index is 12.3. The number of para-hydroxylation sites is 2. The molecule has 3 aromatic rings. The number of aromatic hydroxyl groups is 1. The number of phenolic OH excluding ortho intramolecular Hbond substituents is 1. The van der Waals surface area contributed by atoms with Crippen molar-refractivity contribution in [2.24, 2.45) is 0 Å². The molecule has 1 heterocycles. The highest BCUT2D eigenvalue weighted by Crippen LogP contribution is 2.28. The number of anilines is 1. The van der Waals surface area contributed by atoms with E-state index in [1.165, 1.54) is 0 Å². The first-order chi connectivity index (χ1) is 10.2. The van der Waals surface area contributed by atoms with Gasteiger partial charge in [-0.25, -0.2) is 0 Å². The number of aromatic nitrogens is 1. The molecule has 1 aromatic heterocycles. The van der Waals surface area contributed by atoms with Gasteiger partial charge in [0.1, 0.15) is 5.75 Å². The van der Waals surface area contributed by atoms with Crippen molar-refractivity contribution in [1.29, 1.82) is 0 Å². The maximum absolute atomic E-state index is 12.3. The zero-order chi connectivity index (χ0) is 14.8. The summed E-state index contributed by atoms with van der Waals surface area (Å²) >= 11 is 3.20. The first-order valence-corrected chi connectivity index (χ1v) is 7.08. The van der Waals surface area contributed by atoms with E-state index < -0.39 is 0 Å². The van der Waals surface area contributed by atoms with Crippen LogP contribution in [0.4, 0.5) is 5.69 Å². The van der Waals surface area contributed by atoms with Crippen LogP contribution in [0.15, 0.2) is 59.2 Å². The number of carbonyl (C=O) groups is 1. The molecule has 2 aromatic carbocycles. The summed E-state index contributed by atoms with van der Waals surface area (Å²) in [6.45, 7) is 0. The fourth-order valence-corrected chi connectivity index (χ4v) is 2.46. The van der Waals surface area contributed by atoms with Crippen LogP contribution in [0.25, 0.3) is 10.9 Å². The van der Waals surface area contributed by atoms with Crippen molar-refractivity contribution in [1.82, 2.24) is 4.98 Å². The number of fused-ring (bicyclic) bond motifs is 1. The van der Waals surface area contributed by atoms with Crippen LogP contribution in [0.5, 0.6) is 5.75 Å². The highest BCUT2D eigenvalue weighted by Gasteiger charge is 2.14. The van der Waals surface area contributed by atoms with Crippen LogP contribution in [-0.4, -0.2) is 16.0 Å². The van der Waals surface area contributed by atoms with Gasteiger partial charge in [-0.15, -0.1) is 0 Å². The zero-order valence-electron chi connectivity index (χ0n) is 10.9. The third-order valence-corrected chi connectivity index (χ3v) is 3.75. The molecule has 0 spiro atoms. The molecular weight excluding hydrogens is 332 g/mol. The lowest BCUT2D eigenvalue weighted by Gasteiger charge is -2.09. The van der Waals surface area contributed by atoms with E-state index in [1.807, 2.05) is 24.3 Å². The number of nitrogens with zero attached hydrogens (tertiary/aromatic N) is 1. The molecule has 0 saturated carbocycles. The Morgan fingerprint density at radius 3 is 2.71 bits per heavy atom. The third-order valence-electron chi connectivity index (χ3n) is 3.11. The number of benzene rings is 2. The van der Waals surface area contributed by atoms with Crippen molar-refractivity contribution in [3.63, 3.8) is 0 Å². The molecule has 5 heteroatoms. The average Bonchev–Trinajstić information content (AvgIpc) is 2.50. The standard InChI is InChI=1S/C16H11BrN2O2/c17-12-7-2-6-11(15(12)20)16(21)19-13-8-1-4-10-5-3-9-18-14(10)13/h1-9,20H,(H,19,21). The van der Waals surface area contributed by atoms with E-state index in [0.29, 0.717) is 15.7 Å². The van der Waals surface area contributed by atoms with E-state index >= 15 is 0 Å². The number of nitrogens with one attached hydrogen (secondary N) is 1. The number of phenols is 1. The monoisotopic (exact) mass is 342 g/mol. The second-order valence-electron chi connectivity index (χ2n) is 4.47. The molecule has 1 amide bonds. The minimum absolute atomic E-state index is 0.0804. The summed E-state index contributed by atoms with van der Waals surface area (Å²) in [4.78, 5) is 16.6. The Kier molecular flexibility index (Phi) is 3.58. The molecule has 0 aliphatic heterocycles. The van der Waals surface area contributed by atoms with Gasteiger partial charge in [-0.3, -0.25) is 9.78 Å². The number of halogens is 1. The fraction of sp³-hybridized carbons (Fsp3) is 0. The minimum atomic E-state index is -0.382. The normalized spacial score (nSPS) is 10.5. The topological polar surface area (TPSA) is 62.2 Å². The van der Waals surface area contributed by atoms with Gasteiger partial charge in [-0.2, -0.15) is 0 Å². The lowest BCUT2D eigenvalue weighted by atomic mass is 10.1. The number of pyridine rings is 1. The Morgan fingerprint density at radius 1 is 1.10 bits per heavy atom. The molecule has 104 valence electrons. The number of carbonyl (C=O) groups excluding carboxylic acids is 1. The molecule has 0 bridgehead atoms. The van der Waals surface area contributed by atoms with E-state index in [0.717, 1.165) is 5.39 Å². The van der Waals surface area contributed by atoms with Gasteiger partial charge < -0.3 is 10.4 Å². The van der Waals surface area contributed by atoms with Gasteiger partial charge in [-0.05, 0) is 40.2 Å². The first kappa shape index (κ1) is 13.6. The molecule has 0 aliphatic rings. The van der Waals surface area contributed by atoms with Crippen molar-refractivity contribution in [3.8, 4) is 5.75 Å². The summed E-state index contributed by atoms with van der Waals surface area (Å²) in [7, 11) is 0. The van der Waals surface area contributed by atoms with Gasteiger partial charge >= 0.3 is 0 Å². The molecule has 21 heavy (non-hydrogen) atoms. The van der Waals surface area contributed by atoms with E-state index in [9.17, 15) is 9.90 Å². The summed E-state index contributed by atoms with van der Waals surface area (Å²) in [5.74, 6) is -0.463. The van der Waals surface area contributed by atoms with Gasteiger partial charge in [-0.1, -0.05) is 24.3 Å². The lowest BCUT2D eigenvalue weighted by Crippen LogP contribution is -2.12. The quantitative estimate of drug-likeness (QED) is 0.741. The predicted octanol–water partition coefficient (Wildman–Crippen LogP) is 3.96. The summed E-state index contributed by atoms with van der Waals surface area (Å²) in [6.07, 6.45) is 1.68. The largest absolute Gasteiger partial charge is 0.506 e. The lowest BCUT2D eigenvalue weighted by molar-refractivity contribution is 0.102. The van der Waals surface area contributed by atoms with Crippen LogP contribution in [0.3, 0.4) is 0 Å². The summed E-state index contributed by atoms with van der Waals surface area (Å²) in [5, 5.41) is 13.7. The highest BCUT2D eigenvalue weighted by molar-refractivity contribution is 9.10. The van der Waals surface area contributed by atoms with E-state index in [1.54, 1.807) is 30.5 Å². The van der Waals surface area contributed by atoms with Crippen molar-refractivity contribution >= 4 is 38.4 Å². The van der Waals surface area contributed by atoms with Gasteiger partial charge in [0.2, 0.25) is 0 Å². The zero-order valence-corrected chi connectivity index (χ0v) is 12.5. The highest BCUT2D eigenvalue weighted by atomic mass is 79.9. The molecule has 2 N–H and O–H groups in total. The summed E-state index contributed by atoms with van der Waals surface area (Å²) in [5.41, 5.74) is 1.53. The number of amides is 1. The van der Waals surface area contributed by atoms with Crippen molar-refractivity contribution in [2.45, 2.75) is 0 Å². The SMILES string of the molecule is O=C(Nc1cccc2cccnc12)c1cccc(Br)c1O. The van der Waals surface area contributed by atoms with Gasteiger partial charge in [0, 0.05) is 11.6 Å². The van der Waals surface area contributed by atoms with Crippen LogP contribution >= 0.6 is 15.9 Å². The van der Waals surface area contributed by atoms with E-state index in [-0.39, 0.29) is 17.2 Å². The molecule has 0 unspecified atom stereocenters. The molecule has 4 nitrogen and oxygen atoms in total. The van der Waals surface area contributed by atoms with Crippen LogP contribution in [0, 0.1) is 0 Å². The maximum Gasteiger partial charge on any atom is 0.259 e. The Bertz CT molecular complexity index is 828. The van der Waals surface area contributed by atoms with Gasteiger partial charge in [0.25, 0.3) is 5.91 Å². The second kappa shape index (κ2) is 5.54. The molecule has 0 aliphatic carbocycles. The molecule has 0 saturated heterocycles. The Hall–Kier alpha value is -2.40. The van der Waals surface area contributed by atoms with Crippen molar-refractivity contribution < 1.29 is 9.90 Å². The van der Waals surface area contributed by atoms with Crippen LogP contribution in [-0.2, 0) is 0 Å². The Morgan fingerprint density at radius 2 is 1.86 bits per heavy atom. The Balaban J connectivity index is 1.99. The summed E-state index contributed by atoms with van der Waals surface area (Å²) < 4.78 is 0.478. The van der Waals surface area contributed by atoms with Crippen LogP contribution in [0.2, 0.25) is 0 Å². The predicted molar refractivity (Wildman–Crippen MR) is 85.5 cm³/mol. The molecule has 0 atom stereocenters. The third kappa shape index (κ3) is 2.60. The average molecular weight is 343 g/mol. The smallest absolute Gasteiger partial charge is 0.259 e. The summed E-state index contributed by atoms with van der Waals surface area (Å²) in [6, 6.07) is 14.2. The van der Waals surface area contributed by atoms with E-state index in [2.05, 4.69) is 26.2 Å². The number of hydrogen-bond donors (Lipinski definition) is 2.